The predicted molar refractivity (Wildman–Crippen MR) is 126 cm³/mol. The summed E-state index contributed by atoms with van der Waals surface area (Å²) in [5.41, 5.74) is 2.41. The Bertz CT molecular complexity index is 1400. The minimum absolute atomic E-state index is 0.0527. The van der Waals surface area contributed by atoms with Crippen LogP contribution in [0.15, 0.2) is 60.1 Å². The molecule has 5 rings (SSSR count). The van der Waals surface area contributed by atoms with E-state index < -0.39 is 10.0 Å². The molecule has 4 aromatic rings. The smallest absolute Gasteiger partial charge is 0.262 e. The van der Waals surface area contributed by atoms with E-state index in [0.717, 1.165) is 11.3 Å². The van der Waals surface area contributed by atoms with E-state index in [1.807, 2.05) is 47.1 Å². The Hall–Kier alpha value is -3.57. The first-order chi connectivity index (χ1) is 16.3. The van der Waals surface area contributed by atoms with Crippen LogP contribution in [0.5, 0.6) is 0 Å². The van der Waals surface area contributed by atoms with Gasteiger partial charge in [0.15, 0.2) is 5.03 Å². The number of benzene rings is 1. The van der Waals surface area contributed by atoms with E-state index in [4.69, 9.17) is 0 Å². The molecule has 1 amide bonds. The molecule has 1 saturated heterocycles. The van der Waals surface area contributed by atoms with E-state index in [9.17, 15) is 13.2 Å². The van der Waals surface area contributed by atoms with Crippen LogP contribution in [0.1, 0.15) is 18.7 Å². The van der Waals surface area contributed by atoms with Crippen LogP contribution in [-0.4, -0.2) is 55.6 Å². The average molecular weight is 480 g/mol. The van der Waals surface area contributed by atoms with Gasteiger partial charge < -0.3 is 9.88 Å². The van der Waals surface area contributed by atoms with Crippen molar-refractivity contribution in [3.8, 4) is 11.3 Å². The fourth-order valence-electron chi connectivity index (χ4n) is 4.08. The number of hydrogen-bond acceptors (Lipinski definition) is 6. The molecule has 10 nitrogen and oxygen atoms in total. The second-order valence-electron chi connectivity index (χ2n) is 8.44. The highest BCUT2D eigenvalue weighted by molar-refractivity contribution is 7.89. The summed E-state index contributed by atoms with van der Waals surface area (Å²) in [6.07, 6.45) is 7.94. The number of nitrogens with zero attached hydrogens (tertiary/aromatic N) is 6. The van der Waals surface area contributed by atoms with Gasteiger partial charge in [-0.1, -0.05) is 12.1 Å². The minimum atomic E-state index is -3.66. The number of sulfonamides is 1. The van der Waals surface area contributed by atoms with E-state index in [1.165, 1.54) is 10.5 Å². The van der Waals surface area contributed by atoms with Gasteiger partial charge in [0.05, 0.1) is 5.69 Å². The van der Waals surface area contributed by atoms with Gasteiger partial charge in [-0.3, -0.25) is 9.20 Å². The van der Waals surface area contributed by atoms with Crippen molar-refractivity contribution in [1.29, 1.82) is 0 Å². The SMILES string of the molecule is Cc1nc(S(=O)(=O)N2CCC(C(=O)Nc3ccc(-c4cn5cccnc5n4)cc3)CC2)cn1C. The first kappa shape index (κ1) is 22.2. The molecule has 0 bridgehead atoms. The number of amides is 1. The first-order valence-corrected chi connectivity index (χ1v) is 12.5. The van der Waals surface area contributed by atoms with Crippen molar-refractivity contribution < 1.29 is 13.2 Å². The molecule has 1 N–H and O–H groups in total. The lowest BCUT2D eigenvalue weighted by molar-refractivity contribution is -0.120. The zero-order chi connectivity index (χ0) is 23.9. The highest BCUT2D eigenvalue weighted by Crippen LogP contribution is 2.26. The van der Waals surface area contributed by atoms with Crippen LogP contribution in [0.2, 0.25) is 0 Å². The highest BCUT2D eigenvalue weighted by atomic mass is 32.2. The largest absolute Gasteiger partial charge is 0.337 e. The van der Waals surface area contributed by atoms with Crippen LogP contribution in [-0.2, 0) is 21.9 Å². The van der Waals surface area contributed by atoms with Crippen molar-refractivity contribution in [2.75, 3.05) is 18.4 Å². The van der Waals surface area contributed by atoms with E-state index in [-0.39, 0.29) is 29.9 Å². The zero-order valence-corrected chi connectivity index (χ0v) is 19.7. The van der Waals surface area contributed by atoms with Gasteiger partial charge in [0.2, 0.25) is 11.7 Å². The van der Waals surface area contributed by atoms with E-state index >= 15 is 0 Å². The van der Waals surface area contributed by atoms with Crippen LogP contribution in [0, 0.1) is 12.8 Å². The van der Waals surface area contributed by atoms with Gasteiger partial charge in [-0.2, -0.15) is 4.31 Å². The van der Waals surface area contributed by atoms with Crippen molar-refractivity contribution in [3.63, 3.8) is 0 Å². The number of nitrogens with one attached hydrogen (secondary N) is 1. The number of fused-ring (bicyclic) bond motifs is 1. The topological polar surface area (TPSA) is 114 Å². The third-order valence-corrected chi connectivity index (χ3v) is 7.97. The summed E-state index contributed by atoms with van der Waals surface area (Å²) in [5.74, 6) is 0.912. The normalized spacial score (nSPS) is 15.6. The molecule has 0 radical (unpaired) electrons. The minimum Gasteiger partial charge on any atom is -0.337 e. The molecule has 0 saturated carbocycles. The van der Waals surface area contributed by atoms with Crippen LogP contribution in [0.3, 0.4) is 0 Å². The Kier molecular flexibility index (Phi) is 5.66. The average Bonchev–Trinajstić information content (AvgIpc) is 3.43. The summed E-state index contributed by atoms with van der Waals surface area (Å²) >= 11 is 0. The standard InChI is InChI=1S/C23H25N7O3S/c1-16-25-21(15-28(16)2)34(32,33)30-12-8-18(9-13-30)22(31)26-19-6-4-17(5-7-19)20-14-29-11-3-10-24-23(29)27-20/h3-7,10-11,14-15,18H,8-9,12-13H2,1-2H3,(H,26,31). The molecule has 0 atom stereocenters. The number of anilines is 1. The van der Waals surface area contributed by atoms with Gasteiger partial charge in [-0.25, -0.2) is 23.4 Å². The summed E-state index contributed by atoms with van der Waals surface area (Å²) in [4.78, 5) is 25.7. The lowest BCUT2D eigenvalue weighted by Crippen LogP contribution is -2.41. The maximum absolute atomic E-state index is 12.9. The molecule has 34 heavy (non-hydrogen) atoms. The lowest BCUT2D eigenvalue weighted by atomic mass is 9.97. The fraction of sp³-hybridized carbons (Fsp3) is 0.304. The van der Waals surface area contributed by atoms with E-state index in [0.29, 0.717) is 30.1 Å². The summed E-state index contributed by atoms with van der Waals surface area (Å²) in [6, 6.07) is 9.33. The number of aromatic nitrogens is 5. The van der Waals surface area contributed by atoms with Crippen LogP contribution in [0.25, 0.3) is 17.0 Å². The number of carbonyl (C=O) groups excluding carboxylic acids is 1. The Balaban J connectivity index is 1.20. The lowest BCUT2D eigenvalue weighted by Gasteiger charge is -2.29. The Morgan fingerprint density at radius 1 is 1.09 bits per heavy atom. The molecule has 3 aromatic heterocycles. The molecule has 11 heteroatoms. The molecule has 0 spiro atoms. The Labute approximate surface area is 197 Å². The van der Waals surface area contributed by atoms with Gasteiger partial charge >= 0.3 is 0 Å². The molecule has 0 unspecified atom stereocenters. The molecule has 1 aliphatic heterocycles. The van der Waals surface area contributed by atoms with Gasteiger partial charge in [0.1, 0.15) is 5.82 Å². The monoisotopic (exact) mass is 479 g/mol. The van der Waals surface area contributed by atoms with Crippen molar-refractivity contribution in [2.24, 2.45) is 13.0 Å². The van der Waals surface area contributed by atoms with Crippen molar-refractivity contribution in [1.82, 2.24) is 28.2 Å². The van der Waals surface area contributed by atoms with E-state index in [1.54, 1.807) is 24.7 Å². The molecule has 1 aliphatic rings. The number of hydrogen-bond donors (Lipinski definition) is 1. The number of carbonyl (C=O) groups is 1. The third kappa shape index (κ3) is 4.19. The number of piperidine rings is 1. The van der Waals surface area contributed by atoms with Crippen LogP contribution >= 0.6 is 0 Å². The van der Waals surface area contributed by atoms with Crippen molar-refractivity contribution in [2.45, 2.75) is 24.8 Å². The van der Waals surface area contributed by atoms with Crippen LogP contribution < -0.4 is 5.32 Å². The van der Waals surface area contributed by atoms with Crippen molar-refractivity contribution >= 4 is 27.4 Å². The predicted octanol–water partition coefficient (Wildman–Crippen LogP) is 2.48. The zero-order valence-electron chi connectivity index (χ0n) is 18.9. The number of imidazole rings is 2. The second kappa shape index (κ2) is 8.65. The maximum atomic E-state index is 12.9. The second-order valence-corrected chi connectivity index (χ2v) is 10.3. The quantitative estimate of drug-likeness (QED) is 0.470. The highest BCUT2D eigenvalue weighted by Gasteiger charge is 2.33. The molecule has 176 valence electrons. The summed E-state index contributed by atoms with van der Waals surface area (Å²) in [6.45, 7) is 2.34. The molecular formula is C23H25N7O3S. The Morgan fingerprint density at radius 3 is 2.47 bits per heavy atom. The Morgan fingerprint density at radius 2 is 1.82 bits per heavy atom. The molecular weight excluding hydrogens is 454 g/mol. The third-order valence-electron chi connectivity index (χ3n) is 6.20. The fourth-order valence-corrected chi connectivity index (χ4v) is 5.57. The summed E-state index contributed by atoms with van der Waals surface area (Å²) in [5, 5.41) is 3.01. The molecule has 0 aliphatic carbocycles. The number of rotatable bonds is 5. The van der Waals surface area contributed by atoms with Gasteiger partial charge in [0.25, 0.3) is 10.0 Å². The van der Waals surface area contributed by atoms with Crippen LogP contribution in [0.4, 0.5) is 5.69 Å². The molecule has 1 aromatic carbocycles. The first-order valence-electron chi connectivity index (χ1n) is 11.0. The van der Waals surface area contributed by atoms with Crippen molar-refractivity contribution in [3.05, 3.63) is 60.9 Å². The molecule has 1 fully saturated rings. The van der Waals surface area contributed by atoms with Gasteiger partial charge in [0, 0.05) is 62.1 Å². The maximum Gasteiger partial charge on any atom is 0.262 e. The molecule has 4 heterocycles. The van der Waals surface area contributed by atoms with E-state index in [2.05, 4.69) is 20.3 Å². The number of aryl methyl sites for hydroxylation is 2. The summed E-state index contributed by atoms with van der Waals surface area (Å²) < 4.78 is 30.7. The summed E-state index contributed by atoms with van der Waals surface area (Å²) in [7, 11) is -1.89. The van der Waals surface area contributed by atoms with Gasteiger partial charge in [-0.05, 0) is 38.0 Å². The van der Waals surface area contributed by atoms with Gasteiger partial charge in [-0.15, -0.1) is 0 Å².